The maximum absolute atomic E-state index is 13.5. The Kier molecular flexibility index (Phi) is 7.63. The zero-order chi connectivity index (χ0) is 22.4. The molecule has 4 atom stereocenters. The highest BCUT2D eigenvalue weighted by Gasteiger charge is 2.39. The SMILES string of the molecule is CC(C(=O)O)N1C(=O)C(NC(CCc2ccccc2)C(=O)O)CCCC2CC=CC=C21. The molecule has 7 nitrogen and oxygen atoms in total. The number of nitrogens with zero attached hydrogens (tertiary/aromatic N) is 1. The number of amides is 1. The van der Waals surface area contributed by atoms with Gasteiger partial charge in [0.15, 0.2) is 0 Å². The molecule has 1 aliphatic carbocycles. The van der Waals surface area contributed by atoms with Gasteiger partial charge in [-0.25, -0.2) is 4.79 Å². The molecule has 166 valence electrons. The number of carboxylic acids is 2. The van der Waals surface area contributed by atoms with Gasteiger partial charge in [0.25, 0.3) is 0 Å². The average molecular weight is 427 g/mol. The molecule has 31 heavy (non-hydrogen) atoms. The first-order valence-corrected chi connectivity index (χ1v) is 10.8. The standard InChI is InChI=1S/C24H30N2O5/c1-16(23(28)29)26-21-13-6-5-10-18(21)11-7-12-19(22(26)27)25-20(24(30)31)15-14-17-8-3-2-4-9-17/h2-6,8-9,13,16,18-20,25H,7,10-12,14-15H2,1H3,(H,28,29)(H,30,31). The van der Waals surface area contributed by atoms with Crippen LogP contribution < -0.4 is 5.32 Å². The van der Waals surface area contributed by atoms with E-state index in [1.54, 1.807) is 0 Å². The number of carbonyl (C=O) groups is 3. The predicted octanol–water partition coefficient (Wildman–Crippen LogP) is 2.98. The van der Waals surface area contributed by atoms with Gasteiger partial charge in [-0.2, -0.15) is 0 Å². The van der Waals surface area contributed by atoms with Crippen molar-refractivity contribution in [3.8, 4) is 0 Å². The fourth-order valence-corrected chi connectivity index (χ4v) is 4.35. The average Bonchev–Trinajstić information content (AvgIpc) is 2.75. The Bertz CT molecular complexity index is 864. The van der Waals surface area contributed by atoms with Crippen LogP contribution in [0.5, 0.6) is 0 Å². The minimum Gasteiger partial charge on any atom is -0.480 e. The van der Waals surface area contributed by atoms with Crippen molar-refractivity contribution in [2.45, 2.75) is 63.6 Å². The first kappa shape index (κ1) is 22.7. The Morgan fingerprint density at radius 1 is 1.16 bits per heavy atom. The van der Waals surface area contributed by atoms with Gasteiger partial charge in [-0.3, -0.25) is 14.9 Å². The van der Waals surface area contributed by atoms with Crippen LogP contribution in [0, 0.1) is 5.92 Å². The van der Waals surface area contributed by atoms with Gasteiger partial charge in [0, 0.05) is 11.6 Å². The number of carboxylic acid groups (broad SMARTS) is 2. The number of fused-ring (bicyclic) bond motifs is 1. The van der Waals surface area contributed by atoms with Gasteiger partial charge in [0.1, 0.15) is 12.1 Å². The van der Waals surface area contributed by atoms with Gasteiger partial charge >= 0.3 is 11.9 Å². The van der Waals surface area contributed by atoms with Crippen LogP contribution in [0.15, 0.2) is 54.3 Å². The monoisotopic (exact) mass is 426 g/mol. The molecule has 3 rings (SSSR count). The van der Waals surface area contributed by atoms with Gasteiger partial charge in [0.05, 0.1) is 6.04 Å². The number of benzene rings is 1. The molecule has 2 aliphatic rings. The molecule has 1 amide bonds. The zero-order valence-electron chi connectivity index (χ0n) is 17.7. The molecule has 1 fully saturated rings. The second kappa shape index (κ2) is 10.4. The molecule has 0 aromatic heterocycles. The largest absolute Gasteiger partial charge is 0.480 e. The van der Waals surface area contributed by atoms with Gasteiger partial charge < -0.3 is 15.1 Å². The summed E-state index contributed by atoms with van der Waals surface area (Å²) in [5, 5.41) is 22.4. The Morgan fingerprint density at radius 2 is 1.90 bits per heavy atom. The van der Waals surface area contributed by atoms with E-state index in [2.05, 4.69) is 5.32 Å². The molecule has 1 aromatic carbocycles. The predicted molar refractivity (Wildman–Crippen MR) is 116 cm³/mol. The van der Waals surface area contributed by atoms with Crippen LogP contribution >= 0.6 is 0 Å². The number of rotatable bonds is 8. The van der Waals surface area contributed by atoms with Crippen LogP contribution in [-0.2, 0) is 20.8 Å². The fourth-order valence-electron chi connectivity index (χ4n) is 4.35. The molecule has 4 unspecified atom stereocenters. The molecule has 0 spiro atoms. The molecule has 0 radical (unpaired) electrons. The summed E-state index contributed by atoms with van der Waals surface area (Å²) in [5.41, 5.74) is 1.74. The van der Waals surface area contributed by atoms with Gasteiger partial charge in [-0.05, 0) is 50.7 Å². The van der Waals surface area contributed by atoms with Gasteiger partial charge in [0.2, 0.25) is 5.91 Å². The lowest BCUT2D eigenvalue weighted by Crippen LogP contribution is -2.56. The van der Waals surface area contributed by atoms with E-state index in [1.807, 2.05) is 48.6 Å². The van der Waals surface area contributed by atoms with E-state index < -0.39 is 30.1 Å². The van der Waals surface area contributed by atoms with E-state index in [9.17, 15) is 24.6 Å². The van der Waals surface area contributed by atoms with Crippen molar-refractivity contribution in [3.05, 3.63) is 59.8 Å². The van der Waals surface area contributed by atoms with Gasteiger partial charge in [-0.15, -0.1) is 0 Å². The van der Waals surface area contributed by atoms with Crippen LogP contribution in [0.3, 0.4) is 0 Å². The van der Waals surface area contributed by atoms with Gasteiger partial charge in [-0.1, -0.05) is 48.9 Å². The van der Waals surface area contributed by atoms with Crippen LogP contribution in [0.1, 0.15) is 44.6 Å². The van der Waals surface area contributed by atoms with Crippen molar-refractivity contribution >= 4 is 17.8 Å². The van der Waals surface area contributed by atoms with Crippen LogP contribution in [0.2, 0.25) is 0 Å². The highest BCUT2D eigenvalue weighted by molar-refractivity contribution is 5.89. The van der Waals surface area contributed by atoms with Crippen LogP contribution in [0.4, 0.5) is 0 Å². The highest BCUT2D eigenvalue weighted by atomic mass is 16.4. The zero-order valence-corrected chi connectivity index (χ0v) is 17.7. The fraction of sp³-hybridized carbons (Fsp3) is 0.458. The number of aliphatic carboxylic acids is 2. The number of carbonyl (C=O) groups excluding carboxylic acids is 1. The summed E-state index contributed by atoms with van der Waals surface area (Å²) in [6, 6.07) is 6.94. The molecule has 1 heterocycles. The Labute approximate surface area is 182 Å². The first-order chi connectivity index (χ1) is 14.9. The Hall–Kier alpha value is -2.93. The number of hydrogen-bond donors (Lipinski definition) is 3. The Morgan fingerprint density at radius 3 is 2.58 bits per heavy atom. The summed E-state index contributed by atoms with van der Waals surface area (Å²) in [7, 11) is 0. The van der Waals surface area contributed by atoms with E-state index in [1.165, 1.54) is 11.8 Å². The molecule has 0 saturated carbocycles. The lowest BCUT2D eigenvalue weighted by molar-refractivity contribution is -0.150. The van der Waals surface area contributed by atoms with E-state index in [-0.39, 0.29) is 11.8 Å². The highest BCUT2D eigenvalue weighted by Crippen LogP contribution is 2.33. The molecule has 1 aromatic rings. The lowest BCUT2D eigenvalue weighted by atomic mass is 9.86. The second-order valence-corrected chi connectivity index (χ2v) is 8.24. The normalized spacial score (nSPS) is 23.2. The minimum atomic E-state index is -1.08. The third kappa shape index (κ3) is 5.61. The summed E-state index contributed by atoms with van der Waals surface area (Å²) in [4.78, 5) is 38.5. The molecular weight excluding hydrogens is 396 g/mol. The van der Waals surface area contributed by atoms with E-state index in [0.717, 1.165) is 24.8 Å². The maximum atomic E-state index is 13.5. The Balaban J connectivity index is 1.80. The molecular formula is C24H30N2O5. The number of likely N-dealkylation sites (tertiary alicyclic amines) is 1. The molecule has 0 bridgehead atoms. The topological polar surface area (TPSA) is 107 Å². The lowest BCUT2D eigenvalue weighted by Gasteiger charge is -2.39. The number of aryl methyl sites for hydroxylation is 1. The number of nitrogens with one attached hydrogen (secondary N) is 1. The van der Waals surface area contributed by atoms with E-state index >= 15 is 0 Å². The third-order valence-electron chi connectivity index (χ3n) is 6.11. The van der Waals surface area contributed by atoms with E-state index in [4.69, 9.17) is 0 Å². The van der Waals surface area contributed by atoms with Crippen molar-refractivity contribution in [2.24, 2.45) is 5.92 Å². The third-order valence-corrected chi connectivity index (χ3v) is 6.11. The summed E-state index contributed by atoms with van der Waals surface area (Å²) in [6.45, 7) is 1.50. The van der Waals surface area contributed by atoms with E-state index in [0.29, 0.717) is 25.0 Å². The van der Waals surface area contributed by atoms with Crippen LogP contribution in [-0.4, -0.2) is 51.1 Å². The minimum absolute atomic E-state index is 0.102. The number of allylic oxidation sites excluding steroid dienone is 4. The quantitative estimate of drug-likeness (QED) is 0.590. The molecule has 1 saturated heterocycles. The van der Waals surface area contributed by atoms with Crippen LogP contribution in [0.25, 0.3) is 0 Å². The second-order valence-electron chi connectivity index (χ2n) is 8.24. The maximum Gasteiger partial charge on any atom is 0.326 e. The molecule has 3 N–H and O–H groups in total. The van der Waals surface area contributed by atoms with Crippen molar-refractivity contribution in [1.29, 1.82) is 0 Å². The first-order valence-electron chi connectivity index (χ1n) is 10.8. The smallest absolute Gasteiger partial charge is 0.326 e. The molecule has 7 heteroatoms. The summed E-state index contributed by atoms with van der Waals surface area (Å²) < 4.78 is 0. The summed E-state index contributed by atoms with van der Waals surface area (Å²) >= 11 is 0. The van der Waals surface area contributed by atoms with Crippen molar-refractivity contribution < 1.29 is 24.6 Å². The number of hydrogen-bond acceptors (Lipinski definition) is 4. The molecule has 1 aliphatic heterocycles. The summed E-state index contributed by atoms with van der Waals surface area (Å²) in [6.07, 6.45) is 9.45. The van der Waals surface area contributed by atoms with Crippen molar-refractivity contribution in [3.63, 3.8) is 0 Å². The van der Waals surface area contributed by atoms with Crippen molar-refractivity contribution in [1.82, 2.24) is 10.2 Å². The van der Waals surface area contributed by atoms with Crippen molar-refractivity contribution in [2.75, 3.05) is 0 Å². The summed E-state index contributed by atoms with van der Waals surface area (Å²) in [5.74, 6) is -2.36.